The second-order valence-corrected chi connectivity index (χ2v) is 12.2. The largest absolute Gasteiger partial charge is 0.357 e. The van der Waals surface area contributed by atoms with Crippen molar-refractivity contribution in [2.24, 2.45) is 0 Å². The number of carbonyl (C=O) groups is 2. The monoisotopic (exact) mass is 629 g/mol. The van der Waals surface area contributed by atoms with Crippen LogP contribution < -0.4 is 9.62 Å². The molecule has 7 nitrogen and oxygen atoms in total. The molecular formula is C27H27Cl4N3O4S. The molecule has 39 heavy (non-hydrogen) atoms. The van der Waals surface area contributed by atoms with Gasteiger partial charge in [0.2, 0.25) is 11.8 Å². The SMILES string of the molecule is CC[C@H](C(=O)NC)N(Cc1ccc(Cl)cc1Cl)C(=O)CN(c1ccc(Cl)c(Cl)c1)S(=O)(=O)c1ccc(C)cc1. The summed E-state index contributed by atoms with van der Waals surface area (Å²) in [7, 11) is -2.77. The van der Waals surface area contributed by atoms with E-state index in [1.165, 1.54) is 48.3 Å². The Morgan fingerprint density at radius 1 is 0.897 bits per heavy atom. The van der Waals surface area contributed by atoms with Gasteiger partial charge in [-0.05, 0) is 61.4 Å². The van der Waals surface area contributed by atoms with Crippen molar-refractivity contribution in [2.45, 2.75) is 37.8 Å². The lowest BCUT2D eigenvalue weighted by Crippen LogP contribution is -2.51. The molecule has 0 unspecified atom stereocenters. The van der Waals surface area contributed by atoms with E-state index in [-0.39, 0.29) is 33.6 Å². The third-order valence-electron chi connectivity index (χ3n) is 6.07. The van der Waals surface area contributed by atoms with Crippen LogP contribution in [0.2, 0.25) is 20.1 Å². The Morgan fingerprint density at radius 2 is 1.56 bits per heavy atom. The van der Waals surface area contributed by atoms with Gasteiger partial charge in [-0.3, -0.25) is 13.9 Å². The van der Waals surface area contributed by atoms with Gasteiger partial charge >= 0.3 is 0 Å². The van der Waals surface area contributed by atoms with Gasteiger partial charge in [0.05, 0.1) is 20.6 Å². The molecule has 0 aliphatic carbocycles. The van der Waals surface area contributed by atoms with E-state index < -0.39 is 34.4 Å². The zero-order valence-corrected chi connectivity index (χ0v) is 25.3. The minimum Gasteiger partial charge on any atom is -0.357 e. The number of aryl methyl sites for hydroxylation is 1. The van der Waals surface area contributed by atoms with Crippen LogP contribution in [0.3, 0.4) is 0 Å². The predicted octanol–water partition coefficient (Wildman–Crippen LogP) is 6.36. The van der Waals surface area contributed by atoms with Crippen LogP contribution in [0.5, 0.6) is 0 Å². The van der Waals surface area contributed by atoms with Gasteiger partial charge in [0.15, 0.2) is 0 Å². The summed E-state index contributed by atoms with van der Waals surface area (Å²) in [5, 5.41) is 3.63. The maximum atomic E-state index is 13.9. The molecule has 0 saturated heterocycles. The highest BCUT2D eigenvalue weighted by atomic mass is 35.5. The second-order valence-electron chi connectivity index (χ2n) is 8.72. The molecule has 0 fully saturated rings. The molecule has 0 heterocycles. The van der Waals surface area contributed by atoms with E-state index in [2.05, 4.69) is 5.32 Å². The topological polar surface area (TPSA) is 86.8 Å². The Hall–Kier alpha value is -2.49. The maximum absolute atomic E-state index is 13.9. The highest BCUT2D eigenvalue weighted by Gasteiger charge is 2.34. The molecule has 12 heteroatoms. The van der Waals surface area contributed by atoms with Gasteiger partial charge in [0.1, 0.15) is 12.6 Å². The normalized spacial score (nSPS) is 12.1. The van der Waals surface area contributed by atoms with Gasteiger partial charge in [-0.2, -0.15) is 0 Å². The maximum Gasteiger partial charge on any atom is 0.264 e. The van der Waals surface area contributed by atoms with Crippen LogP contribution in [0.4, 0.5) is 5.69 Å². The number of nitrogens with zero attached hydrogens (tertiary/aromatic N) is 2. The molecule has 0 aliphatic rings. The number of benzene rings is 3. The Bertz CT molecular complexity index is 1470. The average molecular weight is 631 g/mol. The quantitative estimate of drug-likeness (QED) is 0.283. The third-order valence-corrected chi connectivity index (χ3v) is 9.18. The van der Waals surface area contributed by atoms with Gasteiger partial charge in [-0.1, -0.05) is 77.1 Å². The van der Waals surface area contributed by atoms with Gasteiger partial charge in [-0.15, -0.1) is 0 Å². The summed E-state index contributed by atoms with van der Waals surface area (Å²) in [4.78, 5) is 28.0. The van der Waals surface area contributed by atoms with E-state index in [4.69, 9.17) is 46.4 Å². The minimum absolute atomic E-state index is 0.0161. The second kappa shape index (κ2) is 13.2. The Morgan fingerprint density at radius 3 is 2.13 bits per heavy atom. The van der Waals surface area contributed by atoms with Crippen molar-refractivity contribution in [2.75, 3.05) is 17.9 Å². The highest BCUT2D eigenvalue weighted by Crippen LogP contribution is 2.31. The first-order valence-electron chi connectivity index (χ1n) is 11.9. The fourth-order valence-corrected chi connectivity index (χ4v) is 6.09. The number of amides is 2. The summed E-state index contributed by atoms with van der Waals surface area (Å²) in [5.74, 6) is -1.03. The highest BCUT2D eigenvalue weighted by molar-refractivity contribution is 7.92. The first-order chi connectivity index (χ1) is 18.4. The molecule has 3 rings (SSSR count). The van der Waals surface area contributed by atoms with Crippen LogP contribution in [0.15, 0.2) is 65.6 Å². The standard InChI is InChI=1S/C27H27Cl4N3O4S/c1-4-25(27(36)32-3)33(15-18-7-8-19(28)13-23(18)30)26(35)16-34(20-9-12-22(29)24(31)14-20)39(37,38)21-10-5-17(2)6-11-21/h5-14,25H,4,15-16H2,1-3H3,(H,32,36)/t25-/m1/s1. The van der Waals surface area contributed by atoms with E-state index in [1.54, 1.807) is 31.2 Å². The summed E-state index contributed by atoms with van der Waals surface area (Å²) < 4.78 is 28.6. The zero-order chi connectivity index (χ0) is 28.9. The number of sulfonamides is 1. The average Bonchev–Trinajstić information content (AvgIpc) is 2.89. The number of hydrogen-bond acceptors (Lipinski definition) is 4. The lowest BCUT2D eigenvalue weighted by atomic mass is 10.1. The summed E-state index contributed by atoms with van der Waals surface area (Å²) in [6.45, 7) is 2.91. The van der Waals surface area contributed by atoms with Crippen molar-refractivity contribution < 1.29 is 18.0 Å². The summed E-state index contributed by atoms with van der Waals surface area (Å²) >= 11 is 24.7. The predicted molar refractivity (Wildman–Crippen MR) is 157 cm³/mol. The van der Waals surface area contributed by atoms with Crippen LogP contribution in [-0.2, 0) is 26.2 Å². The van der Waals surface area contributed by atoms with Crippen LogP contribution in [0, 0.1) is 6.92 Å². The summed E-state index contributed by atoms with van der Waals surface area (Å²) in [6, 6.07) is 14.4. The molecule has 0 saturated carbocycles. The van der Waals surface area contributed by atoms with Crippen LogP contribution in [-0.4, -0.2) is 44.8 Å². The van der Waals surface area contributed by atoms with Crippen molar-refractivity contribution in [1.29, 1.82) is 0 Å². The number of likely N-dealkylation sites (N-methyl/N-ethyl adjacent to an activating group) is 1. The Labute approximate surface area is 248 Å². The molecule has 2 amide bonds. The van der Waals surface area contributed by atoms with Crippen molar-refractivity contribution in [3.63, 3.8) is 0 Å². The number of anilines is 1. The number of carbonyl (C=O) groups excluding carboxylic acids is 2. The number of halogens is 4. The molecule has 0 aliphatic heterocycles. The molecule has 0 spiro atoms. The van der Waals surface area contributed by atoms with Crippen LogP contribution in [0.25, 0.3) is 0 Å². The minimum atomic E-state index is -4.23. The van der Waals surface area contributed by atoms with E-state index in [1.807, 2.05) is 6.92 Å². The molecule has 0 radical (unpaired) electrons. The molecule has 1 atom stereocenters. The van der Waals surface area contributed by atoms with Gasteiger partial charge in [0, 0.05) is 23.6 Å². The molecule has 1 N–H and O–H groups in total. The molecule has 0 aromatic heterocycles. The van der Waals surface area contributed by atoms with Crippen molar-refractivity contribution >= 4 is 73.9 Å². The van der Waals surface area contributed by atoms with Crippen molar-refractivity contribution in [3.05, 3.63) is 91.9 Å². The summed E-state index contributed by atoms with van der Waals surface area (Å²) in [5.41, 5.74) is 1.54. The van der Waals surface area contributed by atoms with Gasteiger partial charge in [0.25, 0.3) is 10.0 Å². The first kappa shape index (κ1) is 31.0. The van der Waals surface area contributed by atoms with E-state index in [0.29, 0.717) is 15.6 Å². The number of hydrogen-bond donors (Lipinski definition) is 1. The van der Waals surface area contributed by atoms with Gasteiger partial charge in [-0.25, -0.2) is 8.42 Å². The molecule has 3 aromatic carbocycles. The third kappa shape index (κ3) is 7.38. The molecule has 0 bridgehead atoms. The van der Waals surface area contributed by atoms with Gasteiger partial charge < -0.3 is 10.2 Å². The fourth-order valence-electron chi connectivity index (χ4n) is 3.93. The van der Waals surface area contributed by atoms with E-state index >= 15 is 0 Å². The fraction of sp³-hybridized carbons (Fsp3) is 0.259. The van der Waals surface area contributed by atoms with Crippen LogP contribution in [0.1, 0.15) is 24.5 Å². The van der Waals surface area contributed by atoms with Crippen molar-refractivity contribution in [1.82, 2.24) is 10.2 Å². The van der Waals surface area contributed by atoms with Crippen LogP contribution >= 0.6 is 46.4 Å². The number of rotatable bonds is 10. The van der Waals surface area contributed by atoms with Crippen molar-refractivity contribution in [3.8, 4) is 0 Å². The summed E-state index contributed by atoms with van der Waals surface area (Å²) in [6.07, 6.45) is 0.272. The Kier molecular flexibility index (Phi) is 10.5. The lowest BCUT2D eigenvalue weighted by Gasteiger charge is -2.33. The lowest BCUT2D eigenvalue weighted by molar-refractivity contribution is -0.140. The van der Waals surface area contributed by atoms with E-state index in [9.17, 15) is 18.0 Å². The smallest absolute Gasteiger partial charge is 0.264 e. The molecule has 3 aromatic rings. The first-order valence-corrected chi connectivity index (χ1v) is 14.8. The molecular weight excluding hydrogens is 604 g/mol. The number of nitrogens with one attached hydrogen (secondary N) is 1. The zero-order valence-electron chi connectivity index (χ0n) is 21.4. The molecule has 208 valence electrons. The van der Waals surface area contributed by atoms with E-state index in [0.717, 1.165) is 9.87 Å². The Balaban J connectivity index is 2.10.